The Morgan fingerprint density at radius 3 is 2.67 bits per heavy atom. The molecule has 0 bridgehead atoms. The maximum atomic E-state index is 13.1. The Morgan fingerprint density at radius 2 is 1.87 bits per heavy atom. The number of thioether (sulfide) groups is 3. The largest absolute Gasteiger partial charge is 0.378 e. The van der Waals surface area contributed by atoms with E-state index in [4.69, 9.17) is 10.5 Å². The van der Waals surface area contributed by atoms with Crippen LogP contribution in [0.2, 0.25) is 0 Å². The van der Waals surface area contributed by atoms with E-state index in [0.717, 1.165) is 62.2 Å². The molecule has 8 N–H and O–H groups in total. The van der Waals surface area contributed by atoms with Crippen LogP contribution >= 0.6 is 35.3 Å². The number of piperidine rings is 1. The number of ether oxygens (including phenoxy) is 1. The fourth-order valence-corrected chi connectivity index (χ4v) is 12.6. The number of hydrogen-bond donors (Lipinski definition) is 5. The van der Waals surface area contributed by atoms with Gasteiger partial charge in [-0.1, -0.05) is 6.42 Å². The molecule has 12 heteroatoms. The first-order valence-corrected chi connectivity index (χ1v) is 17.8. The molecule has 5 fully saturated rings. The summed E-state index contributed by atoms with van der Waals surface area (Å²) in [6.45, 7) is 3.98. The van der Waals surface area contributed by atoms with Gasteiger partial charge in [-0.15, -0.1) is 23.5 Å². The second kappa shape index (κ2) is 12.8. The molecule has 0 radical (unpaired) electrons. The summed E-state index contributed by atoms with van der Waals surface area (Å²) in [6.07, 6.45) is 8.80. The quantitative estimate of drug-likeness (QED) is 0.268. The molecule has 9 nitrogen and oxygen atoms in total. The van der Waals surface area contributed by atoms with E-state index in [0.29, 0.717) is 46.4 Å². The Bertz CT molecular complexity index is 936. The summed E-state index contributed by atoms with van der Waals surface area (Å²) >= 11 is 5.85. The average molecular weight is 598 g/mol. The van der Waals surface area contributed by atoms with Crippen LogP contribution in [0.5, 0.6) is 0 Å². The zero-order valence-corrected chi connectivity index (χ0v) is 25.2. The zero-order valence-electron chi connectivity index (χ0n) is 22.7. The normalized spacial score (nSPS) is 43.3. The fraction of sp³-hybridized carbons (Fsp3) is 0.852. The smallest absolute Gasteiger partial charge is 0.236 e. The van der Waals surface area contributed by atoms with Crippen molar-refractivity contribution in [2.45, 2.75) is 90.5 Å². The molecule has 1 amide bonds. The van der Waals surface area contributed by atoms with Gasteiger partial charge in [0, 0.05) is 66.5 Å². The van der Waals surface area contributed by atoms with Crippen LogP contribution in [0, 0.1) is 5.92 Å². The Morgan fingerprint density at radius 1 is 1.08 bits per heavy atom. The van der Waals surface area contributed by atoms with Gasteiger partial charge in [0.25, 0.3) is 0 Å². The summed E-state index contributed by atoms with van der Waals surface area (Å²) < 4.78 is 5.53. The number of primary amides is 1. The first kappa shape index (κ1) is 28.6. The molecule has 1 saturated carbocycles. The third-order valence-corrected chi connectivity index (χ3v) is 14.2. The number of fused-ring (bicyclic) bond motifs is 1. The first-order chi connectivity index (χ1) is 19.0. The summed E-state index contributed by atoms with van der Waals surface area (Å²) in [5, 5.41) is 13.3. The number of quaternary nitrogens is 1. The van der Waals surface area contributed by atoms with Gasteiger partial charge >= 0.3 is 0 Å². The Balaban J connectivity index is 1.06. The molecule has 0 aromatic heterocycles. The highest BCUT2D eigenvalue weighted by molar-refractivity contribution is 8.07. The van der Waals surface area contributed by atoms with Crippen LogP contribution in [-0.4, -0.2) is 113 Å². The number of carbonyl (C=O) groups is 2. The van der Waals surface area contributed by atoms with E-state index in [1.165, 1.54) is 25.7 Å². The van der Waals surface area contributed by atoms with Gasteiger partial charge in [-0.25, -0.2) is 0 Å². The summed E-state index contributed by atoms with van der Waals surface area (Å²) in [5.74, 6) is 2.63. The third kappa shape index (κ3) is 6.48. The van der Waals surface area contributed by atoms with E-state index in [1.807, 2.05) is 29.6 Å². The minimum atomic E-state index is -0.340. The van der Waals surface area contributed by atoms with Crippen LogP contribution in [0.4, 0.5) is 0 Å². The van der Waals surface area contributed by atoms with E-state index in [9.17, 15) is 9.59 Å². The summed E-state index contributed by atoms with van der Waals surface area (Å²) in [5.41, 5.74) is 10.2. The Labute approximate surface area is 244 Å². The number of amides is 1. The summed E-state index contributed by atoms with van der Waals surface area (Å²) in [4.78, 5) is 27.7. The lowest BCUT2D eigenvalue weighted by Crippen LogP contribution is -2.72. The molecule has 4 saturated heterocycles. The maximum absolute atomic E-state index is 13.1. The summed E-state index contributed by atoms with van der Waals surface area (Å²) in [7, 11) is 0. The molecule has 5 heterocycles. The third-order valence-electron chi connectivity index (χ3n) is 9.46. The Kier molecular flexibility index (Phi) is 9.41. The average Bonchev–Trinajstić information content (AvgIpc) is 3.58. The van der Waals surface area contributed by atoms with Crippen molar-refractivity contribution in [1.29, 1.82) is 0 Å². The SMILES string of the molecule is NC(=O)C1NCC(N[C@H]2CCCC[C@H]2[NH3+])CC1NC1CSC(C2CSC3C(=O)C=C(N4CCOCC4)SC32)C1. The van der Waals surface area contributed by atoms with Crippen LogP contribution < -0.4 is 27.4 Å². The van der Waals surface area contributed by atoms with Gasteiger partial charge in [0.15, 0.2) is 5.78 Å². The molecule has 5 aliphatic heterocycles. The number of allylic oxidation sites excluding steroid dienone is 1. The standard InChI is InChI=1S/C27H44N6O3S3/c28-18-3-1-2-4-19(18)31-15-9-20(24(27(29)35)30-12-15)32-16-10-22(37-13-16)17-14-38-26-21(34)11-23(39-25(17)26)33-5-7-36-8-6-33/h11,15-20,22,24-26,30-32H,1-10,12-14,28H2,(H2,29,35)/p+1/t15?,16?,17?,18-,19+,20?,22?,24?,25?,26?/m1/s1. The van der Waals surface area contributed by atoms with Gasteiger partial charge in [0.2, 0.25) is 5.91 Å². The minimum absolute atomic E-state index is 0.0251. The highest BCUT2D eigenvalue weighted by Crippen LogP contribution is 2.51. The number of ketones is 1. The van der Waals surface area contributed by atoms with Gasteiger partial charge in [0.05, 0.1) is 35.6 Å². The molecule has 1 aliphatic carbocycles. The van der Waals surface area contributed by atoms with E-state index in [2.05, 4.69) is 38.3 Å². The molecular formula is C27H45N6O3S3+. The summed E-state index contributed by atoms with van der Waals surface area (Å²) in [6, 6.07) is 1.28. The van der Waals surface area contributed by atoms with Crippen LogP contribution in [0.3, 0.4) is 0 Å². The number of nitrogens with zero attached hydrogens (tertiary/aromatic N) is 1. The second-order valence-electron chi connectivity index (χ2n) is 12.1. The highest BCUT2D eigenvalue weighted by Gasteiger charge is 2.49. The molecule has 8 unspecified atom stereocenters. The molecule has 6 rings (SSSR count). The monoisotopic (exact) mass is 597 g/mol. The van der Waals surface area contributed by atoms with Gasteiger partial charge in [0.1, 0.15) is 6.04 Å². The van der Waals surface area contributed by atoms with E-state index in [-0.39, 0.29) is 23.2 Å². The fourth-order valence-electron chi connectivity index (χ4n) is 7.30. The molecule has 10 atom stereocenters. The molecular weight excluding hydrogens is 553 g/mol. The molecule has 39 heavy (non-hydrogen) atoms. The molecule has 218 valence electrons. The van der Waals surface area contributed by atoms with E-state index in [1.54, 1.807) is 0 Å². The van der Waals surface area contributed by atoms with Gasteiger partial charge in [-0.3, -0.25) is 9.59 Å². The Hall–Kier alpha value is -0.470. The van der Waals surface area contributed by atoms with Crippen molar-refractivity contribution < 1.29 is 20.1 Å². The molecule has 0 aromatic carbocycles. The van der Waals surface area contributed by atoms with Crippen molar-refractivity contribution in [2.24, 2.45) is 11.7 Å². The number of rotatable bonds is 7. The lowest BCUT2D eigenvalue weighted by atomic mass is 9.88. The van der Waals surface area contributed by atoms with Crippen molar-refractivity contribution in [3.8, 4) is 0 Å². The topological polar surface area (TPSA) is 136 Å². The number of carbonyl (C=O) groups excluding carboxylic acids is 2. The number of morpholine rings is 1. The van der Waals surface area contributed by atoms with Crippen molar-refractivity contribution in [2.75, 3.05) is 44.4 Å². The number of nitrogens with two attached hydrogens (primary N) is 1. The van der Waals surface area contributed by atoms with Crippen molar-refractivity contribution in [1.82, 2.24) is 20.9 Å². The zero-order chi connectivity index (χ0) is 26.9. The van der Waals surface area contributed by atoms with E-state index >= 15 is 0 Å². The predicted octanol–water partition coefficient (Wildman–Crippen LogP) is -0.233. The molecule has 0 spiro atoms. The lowest BCUT2D eigenvalue weighted by Gasteiger charge is -2.40. The van der Waals surface area contributed by atoms with Gasteiger partial charge in [-0.05, 0) is 37.4 Å². The second-order valence-corrected chi connectivity index (χ2v) is 15.7. The predicted molar refractivity (Wildman–Crippen MR) is 160 cm³/mol. The van der Waals surface area contributed by atoms with Crippen LogP contribution in [0.1, 0.15) is 38.5 Å². The van der Waals surface area contributed by atoms with Crippen molar-refractivity contribution >= 4 is 47.0 Å². The van der Waals surface area contributed by atoms with Crippen molar-refractivity contribution in [3.05, 3.63) is 11.1 Å². The van der Waals surface area contributed by atoms with E-state index < -0.39 is 0 Å². The van der Waals surface area contributed by atoms with Crippen LogP contribution in [-0.2, 0) is 14.3 Å². The first-order valence-electron chi connectivity index (χ1n) is 14.8. The molecule has 6 aliphatic rings. The number of hydrogen-bond acceptors (Lipinski definition) is 10. The maximum Gasteiger partial charge on any atom is 0.236 e. The van der Waals surface area contributed by atoms with Crippen LogP contribution in [0.25, 0.3) is 0 Å². The highest BCUT2D eigenvalue weighted by atomic mass is 32.2. The van der Waals surface area contributed by atoms with Crippen LogP contribution in [0.15, 0.2) is 11.1 Å². The lowest BCUT2D eigenvalue weighted by molar-refractivity contribution is -0.431. The minimum Gasteiger partial charge on any atom is -0.378 e. The number of nitrogens with one attached hydrogen (secondary N) is 3. The molecule has 0 aromatic rings. The van der Waals surface area contributed by atoms with Gasteiger partial charge in [-0.2, -0.15) is 11.8 Å². The van der Waals surface area contributed by atoms with Gasteiger partial charge < -0.3 is 37.1 Å². The van der Waals surface area contributed by atoms with Crippen molar-refractivity contribution in [3.63, 3.8) is 0 Å².